The molecule has 0 bridgehead atoms. The molecule has 3 aliphatic rings. The maximum absolute atomic E-state index is 5.13. The molecule has 0 spiro atoms. The second kappa shape index (κ2) is 8.89. The highest BCUT2D eigenvalue weighted by Gasteiger charge is 2.28. The molecule has 0 aliphatic heterocycles. The molecular weight excluding hydrogens is 280 g/mol. The molecule has 130 valence electrons. The molecule has 3 fully saturated rings. The van der Waals surface area contributed by atoms with Crippen molar-refractivity contribution in [1.29, 1.82) is 0 Å². The van der Waals surface area contributed by atoms with Crippen LogP contribution in [0, 0.1) is 11.8 Å². The van der Waals surface area contributed by atoms with E-state index in [1.165, 1.54) is 89.9 Å². The van der Waals surface area contributed by atoms with Crippen LogP contribution in [-0.2, 0) is 0 Å². The van der Waals surface area contributed by atoms with Gasteiger partial charge in [-0.05, 0) is 63.2 Å². The molecule has 0 saturated heterocycles. The Hall–Kier alpha value is -0.790. The summed E-state index contributed by atoms with van der Waals surface area (Å²) in [6, 6.07) is 1.46. The van der Waals surface area contributed by atoms with Crippen LogP contribution in [0.15, 0.2) is 17.8 Å². The van der Waals surface area contributed by atoms with Crippen molar-refractivity contribution in [1.82, 2.24) is 5.01 Å². The fraction of sp³-hybridized carbons (Fsp3) is 0.857. The second-order valence-electron chi connectivity index (χ2n) is 8.14. The highest BCUT2D eigenvalue weighted by atomic mass is 15.5. The third kappa shape index (κ3) is 4.84. The van der Waals surface area contributed by atoms with Crippen molar-refractivity contribution >= 4 is 6.21 Å². The molecule has 0 amide bonds. The molecule has 0 aromatic heterocycles. The Morgan fingerprint density at radius 1 is 0.652 bits per heavy atom. The van der Waals surface area contributed by atoms with Gasteiger partial charge in [0.25, 0.3) is 0 Å². The summed E-state index contributed by atoms with van der Waals surface area (Å²) in [7, 11) is 0. The van der Waals surface area contributed by atoms with E-state index in [4.69, 9.17) is 5.10 Å². The van der Waals surface area contributed by atoms with Crippen LogP contribution in [-0.4, -0.2) is 23.3 Å². The Morgan fingerprint density at radius 3 is 1.61 bits per heavy atom. The van der Waals surface area contributed by atoms with Gasteiger partial charge < -0.3 is 0 Å². The van der Waals surface area contributed by atoms with Gasteiger partial charge in [0.1, 0.15) is 0 Å². The van der Waals surface area contributed by atoms with Crippen LogP contribution in [0.5, 0.6) is 0 Å². The Labute approximate surface area is 143 Å². The van der Waals surface area contributed by atoms with Gasteiger partial charge in [-0.15, -0.1) is 6.58 Å². The summed E-state index contributed by atoms with van der Waals surface area (Å²) in [5.41, 5.74) is 0. The summed E-state index contributed by atoms with van der Waals surface area (Å²) in [5, 5.41) is 7.71. The molecule has 3 rings (SSSR count). The third-order valence-electron chi connectivity index (χ3n) is 6.46. The molecule has 0 heterocycles. The highest BCUT2D eigenvalue weighted by Crippen LogP contribution is 2.32. The number of hydrogen-bond acceptors (Lipinski definition) is 2. The molecule has 3 saturated carbocycles. The maximum Gasteiger partial charge on any atom is 0.0473 e. The van der Waals surface area contributed by atoms with E-state index in [0.717, 1.165) is 18.0 Å². The topological polar surface area (TPSA) is 15.6 Å². The Morgan fingerprint density at radius 2 is 1.13 bits per heavy atom. The zero-order valence-corrected chi connectivity index (χ0v) is 15.0. The molecule has 0 unspecified atom stereocenters. The Balaban J connectivity index is 1.60. The van der Waals surface area contributed by atoms with Crippen LogP contribution < -0.4 is 0 Å². The van der Waals surface area contributed by atoms with Crippen molar-refractivity contribution in [3.63, 3.8) is 0 Å². The number of nitrogens with zero attached hydrogens (tertiary/aromatic N) is 2. The third-order valence-corrected chi connectivity index (χ3v) is 6.46. The number of hydrazone groups is 1. The standard InChI is InChI=1S/C21H36N2/c1-2-18-13-15-19(16-14-18)17-22-23(20-9-5-3-6-10-20)21-11-7-4-8-12-21/h2,17-21H,1,3-16H2. The zero-order valence-electron chi connectivity index (χ0n) is 15.0. The van der Waals surface area contributed by atoms with Gasteiger partial charge in [0.15, 0.2) is 0 Å². The van der Waals surface area contributed by atoms with Crippen LogP contribution in [0.2, 0.25) is 0 Å². The van der Waals surface area contributed by atoms with Gasteiger partial charge in [0.2, 0.25) is 0 Å². The van der Waals surface area contributed by atoms with E-state index in [0.29, 0.717) is 5.92 Å². The first-order chi connectivity index (χ1) is 11.4. The van der Waals surface area contributed by atoms with Gasteiger partial charge in [0, 0.05) is 18.3 Å². The number of rotatable bonds is 5. The first-order valence-corrected chi connectivity index (χ1v) is 10.3. The molecule has 3 aliphatic carbocycles. The molecule has 0 atom stereocenters. The molecular formula is C21H36N2. The SMILES string of the molecule is C=CC1CCC(C=NN(C2CCCCC2)C2CCCCC2)CC1. The molecule has 2 nitrogen and oxygen atoms in total. The second-order valence-corrected chi connectivity index (χ2v) is 8.14. The van der Waals surface area contributed by atoms with E-state index in [1.807, 2.05) is 0 Å². The molecule has 0 radical (unpaired) electrons. The summed E-state index contributed by atoms with van der Waals surface area (Å²) in [4.78, 5) is 0. The lowest BCUT2D eigenvalue weighted by atomic mass is 9.83. The van der Waals surface area contributed by atoms with E-state index >= 15 is 0 Å². The predicted octanol–water partition coefficient (Wildman–Crippen LogP) is 5.93. The van der Waals surface area contributed by atoms with Gasteiger partial charge in [-0.3, -0.25) is 5.01 Å². The summed E-state index contributed by atoms with van der Waals surface area (Å²) in [6.07, 6.45) is 23.7. The lowest BCUT2D eigenvalue weighted by Crippen LogP contribution is -2.42. The van der Waals surface area contributed by atoms with E-state index in [1.54, 1.807) is 0 Å². The summed E-state index contributed by atoms with van der Waals surface area (Å²) >= 11 is 0. The minimum absolute atomic E-state index is 0.709. The molecule has 2 heteroatoms. The molecule has 0 aromatic carbocycles. The first-order valence-electron chi connectivity index (χ1n) is 10.3. The van der Waals surface area contributed by atoms with Gasteiger partial charge >= 0.3 is 0 Å². The normalized spacial score (nSPS) is 31.3. The zero-order chi connectivity index (χ0) is 15.9. The van der Waals surface area contributed by atoms with Gasteiger partial charge in [-0.1, -0.05) is 44.6 Å². The van der Waals surface area contributed by atoms with Crippen LogP contribution in [0.3, 0.4) is 0 Å². The van der Waals surface area contributed by atoms with Crippen LogP contribution in [0.4, 0.5) is 0 Å². The minimum Gasteiger partial charge on any atom is -0.291 e. The van der Waals surface area contributed by atoms with Crippen molar-refractivity contribution in [2.45, 2.75) is 102 Å². The predicted molar refractivity (Wildman–Crippen MR) is 99.7 cm³/mol. The van der Waals surface area contributed by atoms with Gasteiger partial charge in [-0.25, -0.2) is 0 Å². The van der Waals surface area contributed by atoms with Crippen LogP contribution >= 0.6 is 0 Å². The summed E-state index contributed by atoms with van der Waals surface area (Å²) < 4.78 is 0. The first kappa shape index (κ1) is 17.0. The van der Waals surface area contributed by atoms with Crippen molar-refractivity contribution in [2.75, 3.05) is 0 Å². The highest BCUT2D eigenvalue weighted by molar-refractivity contribution is 5.60. The van der Waals surface area contributed by atoms with Crippen LogP contribution in [0.25, 0.3) is 0 Å². The van der Waals surface area contributed by atoms with Gasteiger partial charge in [-0.2, -0.15) is 5.10 Å². The van der Waals surface area contributed by atoms with E-state index in [2.05, 4.69) is 23.9 Å². The minimum atomic E-state index is 0.709. The van der Waals surface area contributed by atoms with Crippen molar-refractivity contribution in [3.05, 3.63) is 12.7 Å². The van der Waals surface area contributed by atoms with Gasteiger partial charge in [0.05, 0.1) is 0 Å². The van der Waals surface area contributed by atoms with Crippen molar-refractivity contribution < 1.29 is 0 Å². The molecule has 23 heavy (non-hydrogen) atoms. The molecule has 0 aromatic rings. The van der Waals surface area contributed by atoms with Crippen molar-refractivity contribution in [2.24, 2.45) is 16.9 Å². The Bertz CT molecular complexity index is 351. The summed E-state index contributed by atoms with van der Waals surface area (Å²) in [5.74, 6) is 1.47. The molecule has 0 N–H and O–H groups in total. The quantitative estimate of drug-likeness (QED) is 0.348. The van der Waals surface area contributed by atoms with E-state index in [9.17, 15) is 0 Å². The monoisotopic (exact) mass is 316 g/mol. The summed E-state index contributed by atoms with van der Waals surface area (Å²) in [6.45, 7) is 3.96. The number of hydrogen-bond donors (Lipinski definition) is 0. The lowest BCUT2D eigenvalue weighted by molar-refractivity contribution is 0.0846. The lowest BCUT2D eigenvalue weighted by Gasteiger charge is -2.40. The fourth-order valence-corrected chi connectivity index (χ4v) is 4.88. The van der Waals surface area contributed by atoms with E-state index < -0.39 is 0 Å². The average Bonchev–Trinajstić information content (AvgIpc) is 2.64. The smallest absolute Gasteiger partial charge is 0.0473 e. The fourth-order valence-electron chi connectivity index (χ4n) is 4.88. The average molecular weight is 317 g/mol. The maximum atomic E-state index is 5.13. The van der Waals surface area contributed by atoms with E-state index in [-0.39, 0.29) is 0 Å². The van der Waals surface area contributed by atoms with Crippen LogP contribution in [0.1, 0.15) is 89.9 Å². The number of allylic oxidation sites excluding steroid dienone is 1. The Kier molecular flexibility index (Phi) is 6.59. The largest absolute Gasteiger partial charge is 0.291 e. The van der Waals surface area contributed by atoms with Crippen molar-refractivity contribution in [3.8, 4) is 0 Å².